The van der Waals surface area contributed by atoms with Gasteiger partial charge in [0.2, 0.25) is 10.0 Å². The minimum atomic E-state index is -3.75. The van der Waals surface area contributed by atoms with Crippen LogP contribution in [0.2, 0.25) is 0 Å². The average molecular weight is 476 g/mol. The first-order valence-electron chi connectivity index (χ1n) is 10.7. The van der Waals surface area contributed by atoms with Gasteiger partial charge in [-0.3, -0.25) is 15.1 Å². The molecular formula is C24H21N5O4S. The second-order valence-electron chi connectivity index (χ2n) is 8.06. The van der Waals surface area contributed by atoms with Gasteiger partial charge in [0.05, 0.1) is 28.1 Å². The highest BCUT2D eigenvalue weighted by Gasteiger charge is 2.30. The van der Waals surface area contributed by atoms with Gasteiger partial charge < -0.3 is 5.32 Å². The third kappa shape index (κ3) is 4.33. The molecule has 2 aromatic carbocycles. The molecule has 1 aliphatic rings. The maximum Gasteiger partial charge on any atom is 0.273 e. The summed E-state index contributed by atoms with van der Waals surface area (Å²) in [5.74, 6) is 0.253. The van der Waals surface area contributed by atoms with Crippen LogP contribution in [0.3, 0.4) is 0 Å². The number of sulfonamides is 1. The molecule has 0 amide bonds. The van der Waals surface area contributed by atoms with Crippen molar-refractivity contribution in [1.82, 2.24) is 14.3 Å². The number of anilines is 2. The third-order valence-corrected chi connectivity index (χ3v) is 7.66. The molecule has 34 heavy (non-hydrogen) atoms. The van der Waals surface area contributed by atoms with Crippen LogP contribution in [0.25, 0.3) is 10.9 Å². The lowest BCUT2D eigenvalue weighted by atomic mass is 10.0. The number of benzene rings is 2. The number of fused-ring (bicyclic) bond motifs is 2. The molecule has 0 unspecified atom stereocenters. The van der Waals surface area contributed by atoms with E-state index in [0.717, 1.165) is 27.7 Å². The zero-order valence-electron chi connectivity index (χ0n) is 18.1. The van der Waals surface area contributed by atoms with Crippen molar-refractivity contribution in [2.75, 3.05) is 11.9 Å². The molecule has 5 rings (SSSR count). The summed E-state index contributed by atoms with van der Waals surface area (Å²) in [5.41, 5.74) is 3.49. The lowest BCUT2D eigenvalue weighted by Gasteiger charge is -2.29. The molecule has 0 atom stereocenters. The molecule has 0 aliphatic carbocycles. The summed E-state index contributed by atoms with van der Waals surface area (Å²) in [7, 11) is -3.75. The van der Waals surface area contributed by atoms with Gasteiger partial charge in [0.1, 0.15) is 5.82 Å². The molecule has 0 fully saturated rings. The first-order valence-corrected chi connectivity index (χ1v) is 12.3. The number of hydrogen-bond donors (Lipinski definition) is 1. The van der Waals surface area contributed by atoms with Gasteiger partial charge in [0, 0.05) is 41.9 Å². The number of aromatic nitrogens is 2. The predicted octanol–water partition coefficient (Wildman–Crippen LogP) is 4.17. The molecule has 0 bridgehead atoms. The van der Waals surface area contributed by atoms with E-state index in [0.29, 0.717) is 12.2 Å². The topological polar surface area (TPSA) is 118 Å². The normalized spacial score (nSPS) is 14.0. The van der Waals surface area contributed by atoms with Crippen molar-refractivity contribution < 1.29 is 13.3 Å². The zero-order valence-corrected chi connectivity index (χ0v) is 18.9. The monoisotopic (exact) mass is 475 g/mol. The van der Waals surface area contributed by atoms with Crippen molar-refractivity contribution in [2.24, 2.45) is 0 Å². The number of para-hydroxylation sites is 2. The largest absolute Gasteiger partial charge is 0.339 e. The molecular weight excluding hydrogens is 454 g/mol. The number of nitro benzene ring substituents is 1. The zero-order chi connectivity index (χ0) is 23.7. The Morgan fingerprint density at radius 2 is 1.85 bits per heavy atom. The average Bonchev–Trinajstić information content (AvgIpc) is 2.84. The van der Waals surface area contributed by atoms with E-state index in [1.165, 1.54) is 22.5 Å². The number of rotatable bonds is 6. The smallest absolute Gasteiger partial charge is 0.273 e. The lowest BCUT2D eigenvalue weighted by molar-refractivity contribution is -0.385. The molecule has 2 aromatic heterocycles. The fourth-order valence-corrected chi connectivity index (χ4v) is 5.71. The highest BCUT2D eigenvalue weighted by molar-refractivity contribution is 7.88. The maximum absolute atomic E-state index is 13.1. The van der Waals surface area contributed by atoms with E-state index in [2.05, 4.69) is 15.3 Å². The Bertz CT molecular complexity index is 1510. The second kappa shape index (κ2) is 8.81. The predicted molar refractivity (Wildman–Crippen MR) is 129 cm³/mol. The Balaban J connectivity index is 1.37. The van der Waals surface area contributed by atoms with E-state index in [-0.39, 0.29) is 24.3 Å². The summed E-state index contributed by atoms with van der Waals surface area (Å²) in [4.78, 5) is 19.7. The molecule has 0 saturated heterocycles. The molecule has 1 N–H and O–H groups in total. The van der Waals surface area contributed by atoms with Gasteiger partial charge in [0.15, 0.2) is 0 Å². The summed E-state index contributed by atoms with van der Waals surface area (Å²) < 4.78 is 27.6. The van der Waals surface area contributed by atoms with Gasteiger partial charge in [-0.25, -0.2) is 13.4 Å². The van der Waals surface area contributed by atoms with Crippen LogP contribution in [-0.2, 0) is 28.7 Å². The van der Waals surface area contributed by atoms with Crippen LogP contribution in [0.15, 0.2) is 73.1 Å². The fourth-order valence-electron chi connectivity index (χ4n) is 4.19. The minimum absolute atomic E-state index is 0.180. The molecule has 172 valence electrons. The standard InChI is InChI=1S/C24H21N5O4S/c30-29(31)23-8-4-2-6-19(23)16-34(32,33)28-12-10-21-18(15-28)9-11-25-24(21)27-20-13-17-5-1-3-7-22(17)26-14-20/h1-9,11,13-14H,10,12,15-16H2,(H,25,27). The third-order valence-electron chi connectivity index (χ3n) is 5.88. The fraction of sp³-hybridized carbons (Fsp3) is 0.167. The van der Waals surface area contributed by atoms with Crippen LogP contribution in [-0.4, -0.2) is 34.2 Å². The van der Waals surface area contributed by atoms with Crippen LogP contribution < -0.4 is 5.32 Å². The van der Waals surface area contributed by atoms with E-state index in [1.807, 2.05) is 36.4 Å². The van der Waals surface area contributed by atoms with Crippen LogP contribution in [0, 0.1) is 10.1 Å². The summed E-state index contributed by atoms with van der Waals surface area (Å²) in [6.07, 6.45) is 3.87. The molecule has 9 nitrogen and oxygen atoms in total. The first kappa shape index (κ1) is 21.9. The Kier molecular flexibility index (Phi) is 5.68. The summed E-state index contributed by atoms with van der Waals surface area (Å²) >= 11 is 0. The molecule has 1 aliphatic heterocycles. The van der Waals surface area contributed by atoms with Crippen LogP contribution in [0.1, 0.15) is 16.7 Å². The highest BCUT2D eigenvalue weighted by Crippen LogP contribution is 2.30. The number of nitro groups is 1. The summed E-state index contributed by atoms with van der Waals surface area (Å²) in [5, 5.41) is 15.6. The molecule has 0 saturated carbocycles. The summed E-state index contributed by atoms with van der Waals surface area (Å²) in [6, 6.07) is 17.6. The first-order chi connectivity index (χ1) is 16.4. The number of nitrogens with one attached hydrogen (secondary N) is 1. The van der Waals surface area contributed by atoms with Gasteiger partial charge in [-0.05, 0) is 30.2 Å². The quantitative estimate of drug-likeness (QED) is 0.328. The van der Waals surface area contributed by atoms with Crippen molar-refractivity contribution in [3.63, 3.8) is 0 Å². The van der Waals surface area contributed by atoms with Gasteiger partial charge in [-0.1, -0.05) is 36.4 Å². The Labute approximate surface area is 196 Å². The van der Waals surface area contributed by atoms with Crippen molar-refractivity contribution in [1.29, 1.82) is 0 Å². The lowest BCUT2D eigenvalue weighted by Crippen LogP contribution is -2.37. The van der Waals surface area contributed by atoms with Gasteiger partial charge >= 0.3 is 0 Å². The van der Waals surface area contributed by atoms with Crippen molar-refractivity contribution >= 4 is 38.1 Å². The van der Waals surface area contributed by atoms with Crippen LogP contribution in [0.5, 0.6) is 0 Å². The van der Waals surface area contributed by atoms with Crippen LogP contribution >= 0.6 is 0 Å². The molecule has 3 heterocycles. The highest BCUT2D eigenvalue weighted by atomic mass is 32.2. The Hall–Kier alpha value is -3.89. The molecule has 0 radical (unpaired) electrons. The number of nitrogens with zero attached hydrogens (tertiary/aromatic N) is 4. The number of hydrogen-bond acceptors (Lipinski definition) is 7. The summed E-state index contributed by atoms with van der Waals surface area (Å²) in [6.45, 7) is 0.456. The van der Waals surface area contributed by atoms with Crippen LogP contribution in [0.4, 0.5) is 17.2 Å². The van der Waals surface area contributed by atoms with Crippen molar-refractivity contribution in [3.8, 4) is 0 Å². The molecule has 4 aromatic rings. The number of pyridine rings is 2. The van der Waals surface area contributed by atoms with Gasteiger partial charge in [-0.15, -0.1) is 0 Å². The molecule has 0 spiro atoms. The van der Waals surface area contributed by atoms with E-state index in [9.17, 15) is 18.5 Å². The van der Waals surface area contributed by atoms with E-state index in [4.69, 9.17) is 0 Å². The van der Waals surface area contributed by atoms with E-state index in [1.54, 1.807) is 18.5 Å². The Morgan fingerprint density at radius 3 is 2.71 bits per heavy atom. The van der Waals surface area contributed by atoms with Gasteiger partial charge in [0.25, 0.3) is 5.69 Å². The Morgan fingerprint density at radius 1 is 1.06 bits per heavy atom. The minimum Gasteiger partial charge on any atom is -0.339 e. The SMILES string of the molecule is O=[N+]([O-])c1ccccc1CS(=O)(=O)N1CCc2c(ccnc2Nc2cnc3ccccc3c2)C1. The van der Waals surface area contributed by atoms with E-state index < -0.39 is 20.7 Å². The molecule has 10 heteroatoms. The van der Waals surface area contributed by atoms with E-state index >= 15 is 0 Å². The second-order valence-corrected chi connectivity index (χ2v) is 10.0. The van der Waals surface area contributed by atoms with Crippen molar-refractivity contribution in [2.45, 2.75) is 18.7 Å². The maximum atomic E-state index is 13.1. The van der Waals surface area contributed by atoms with Crippen molar-refractivity contribution in [3.05, 3.63) is 99.9 Å². The van der Waals surface area contributed by atoms with Gasteiger partial charge in [-0.2, -0.15) is 4.31 Å².